The number of sulfone groups is 1. The van der Waals surface area contributed by atoms with Crippen LogP contribution in [-0.4, -0.2) is 30.0 Å². The minimum atomic E-state index is -4.52. The number of aliphatic hydroxyl groups excluding tert-OH is 1. The van der Waals surface area contributed by atoms with Crippen molar-refractivity contribution in [3.63, 3.8) is 0 Å². The Bertz CT molecular complexity index is 942. The molecule has 1 aliphatic rings. The molecule has 1 atom stereocenters. The second-order valence-electron chi connectivity index (χ2n) is 5.71. The van der Waals surface area contributed by atoms with Gasteiger partial charge in [-0.05, 0) is 24.6 Å². The molecule has 1 N–H and O–H groups in total. The number of benzene rings is 1. The van der Waals surface area contributed by atoms with Gasteiger partial charge in [-0.2, -0.15) is 0 Å². The molecule has 2 aromatic rings. The lowest BCUT2D eigenvalue weighted by Gasteiger charge is -2.29. The molecule has 0 radical (unpaired) electrons. The number of aliphatic hydroxyl groups is 1. The SMILES string of the molecule is O=S(=O)(CF)c1cn(-c2ccc(F)c(Cl)c2)c2c1[C@H](O)C(F)(F)CC2. The topological polar surface area (TPSA) is 59.3 Å². The van der Waals surface area contributed by atoms with Gasteiger partial charge >= 0.3 is 0 Å². The predicted octanol–water partition coefficient (Wildman–Crippen LogP) is 3.59. The number of nitrogens with zero attached hydrogens (tertiary/aromatic N) is 1. The van der Waals surface area contributed by atoms with Crippen LogP contribution in [-0.2, 0) is 16.3 Å². The molecule has 0 bridgehead atoms. The van der Waals surface area contributed by atoms with E-state index in [1.807, 2.05) is 0 Å². The maximum atomic E-state index is 13.9. The van der Waals surface area contributed by atoms with Crippen LogP contribution in [0.5, 0.6) is 0 Å². The Kier molecular flexibility index (Phi) is 4.37. The summed E-state index contributed by atoms with van der Waals surface area (Å²) in [6, 6.07) is 1.68. The Labute approximate surface area is 145 Å². The van der Waals surface area contributed by atoms with Gasteiger partial charge in [0.15, 0.2) is 6.01 Å². The number of fused-ring (bicyclic) bond motifs is 1. The lowest BCUT2D eigenvalue weighted by Crippen LogP contribution is -2.33. The lowest BCUT2D eigenvalue weighted by molar-refractivity contribution is -0.123. The second kappa shape index (κ2) is 6.00. The van der Waals surface area contributed by atoms with Crippen LogP contribution in [0.3, 0.4) is 0 Å². The summed E-state index contributed by atoms with van der Waals surface area (Å²) in [5, 5.41) is 9.70. The molecule has 0 amide bonds. The van der Waals surface area contributed by atoms with Gasteiger partial charge in [0.25, 0.3) is 5.92 Å². The third-order valence-corrected chi connectivity index (χ3v) is 5.71. The zero-order chi connectivity index (χ0) is 18.6. The Morgan fingerprint density at radius 3 is 2.64 bits per heavy atom. The van der Waals surface area contributed by atoms with E-state index in [-0.39, 0.29) is 22.8 Å². The third kappa shape index (κ3) is 2.94. The Hall–Kier alpha value is -1.58. The Morgan fingerprint density at radius 1 is 1.36 bits per heavy atom. The van der Waals surface area contributed by atoms with Gasteiger partial charge in [-0.25, -0.2) is 26.0 Å². The van der Waals surface area contributed by atoms with Crippen molar-refractivity contribution in [2.45, 2.75) is 29.8 Å². The predicted molar refractivity (Wildman–Crippen MR) is 82.1 cm³/mol. The van der Waals surface area contributed by atoms with E-state index in [9.17, 15) is 31.1 Å². The van der Waals surface area contributed by atoms with Crippen molar-refractivity contribution in [3.8, 4) is 5.69 Å². The molecule has 10 heteroatoms. The minimum Gasteiger partial charge on any atom is -0.382 e. The van der Waals surface area contributed by atoms with Gasteiger partial charge < -0.3 is 9.67 Å². The van der Waals surface area contributed by atoms with Crippen molar-refractivity contribution >= 4 is 21.4 Å². The normalized spacial score (nSPS) is 19.7. The molecule has 0 saturated heterocycles. The standard InChI is InChI=1S/C15H12ClF4NO3S/c16-9-5-8(1-2-10(9)18)21-6-12(25(23,24)7-17)13-11(21)3-4-15(19,20)14(13)22/h1-2,5-6,14,22H,3-4,7H2/t14-/m0/s1. The molecule has 1 aromatic heterocycles. The molecule has 1 aliphatic carbocycles. The number of rotatable bonds is 3. The zero-order valence-corrected chi connectivity index (χ0v) is 14.1. The summed E-state index contributed by atoms with van der Waals surface area (Å²) in [5.41, 5.74) is -0.233. The molecule has 0 aliphatic heterocycles. The van der Waals surface area contributed by atoms with Crippen LogP contribution in [0.1, 0.15) is 23.8 Å². The van der Waals surface area contributed by atoms with Crippen molar-refractivity contribution in [2.24, 2.45) is 0 Å². The molecular weight excluding hydrogens is 386 g/mol. The van der Waals surface area contributed by atoms with Crippen molar-refractivity contribution in [1.82, 2.24) is 4.57 Å². The lowest BCUT2D eigenvalue weighted by atomic mass is 9.91. The average molecular weight is 398 g/mol. The number of hydrogen-bond acceptors (Lipinski definition) is 3. The Morgan fingerprint density at radius 2 is 2.04 bits per heavy atom. The zero-order valence-electron chi connectivity index (χ0n) is 12.5. The van der Waals surface area contributed by atoms with Crippen LogP contribution >= 0.6 is 11.6 Å². The fourth-order valence-corrected chi connectivity index (χ4v) is 4.01. The monoisotopic (exact) mass is 397 g/mol. The molecule has 136 valence electrons. The first-order valence-corrected chi connectivity index (χ1v) is 9.15. The van der Waals surface area contributed by atoms with Crippen molar-refractivity contribution in [1.29, 1.82) is 0 Å². The third-order valence-electron chi connectivity index (χ3n) is 4.14. The van der Waals surface area contributed by atoms with Gasteiger partial charge in [0, 0.05) is 29.6 Å². The largest absolute Gasteiger partial charge is 0.382 e. The second-order valence-corrected chi connectivity index (χ2v) is 8.00. The smallest absolute Gasteiger partial charge is 0.278 e. The summed E-state index contributed by atoms with van der Waals surface area (Å²) >= 11 is 5.71. The maximum Gasteiger partial charge on any atom is 0.278 e. The molecule has 0 fully saturated rings. The van der Waals surface area contributed by atoms with Gasteiger partial charge in [0.2, 0.25) is 9.84 Å². The van der Waals surface area contributed by atoms with Crippen LogP contribution in [0.4, 0.5) is 17.6 Å². The van der Waals surface area contributed by atoms with Crippen molar-refractivity contribution in [2.75, 3.05) is 6.01 Å². The van der Waals surface area contributed by atoms with E-state index in [0.29, 0.717) is 0 Å². The van der Waals surface area contributed by atoms with E-state index in [0.717, 1.165) is 12.3 Å². The van der Waals surface area contributed by atoms with Gasteiger partial charge in [-0.1, -0.05) is 11.6 Å². The number of hydrogen-bond donors (Lipinski definition) is 1. The Balaban J connectivity index is 2.29. The fraction of sp³-hybridized carbons (Fsp3) is 0.333. The summed E-state index contributed by atoms with van der Waals surface area (Å²) < 4.78 is 79.1. The molecule has 1 heterocycles. The quantitative estimate of drug-likeness (QED) is 0.805. The van der Waals surface area contributed by atoms with E-state index >= 15 is 0 Å². The summed E-state index contributed by atoms with van der Waals surface area (Å²) in [5.74, 6) is -4.25. The highest BCUT2D eigenvalue weighted by atomic mass is 35.5. The summed E-state index contributed by atoms with van der Waals surface area (Å²) in [4.78, 5) is -0.711. The van der Waals surface area contributed by atoms with Crippen molar-refractivity contribution < 1.29 is 31.1 Å². The van der Waals surface area contributed by atoms with Crippen LogP contribution in [0.2, 0.25) is 5.02 Å². The van der Waals surface area contributed by atoms with E-state index in [1.54, 1.807) is 0 Å². The highest BCUT2D eigenvalue weighted by molar-refractivity contribution is 7.91. The minimum absolute atomic E-state index is 0.0909. The number of halogens is 5. The van der Waals surface area contributed by atoms with Crippen LogP contribution < -0.4 is 0 Å². The average Bonchev–Trinajstić information content (AvgIpc) is 2.94. The van der Waals surface area contributed by atoms with Crippen LogP contribution in [0.25, 0.3) is 5.69 Å². The summed E-state index contributed by atoms with van der Waals surface area (Å²) in [6.07, 6.45) is -2.40. The highest BCUT2D eigenvalue weighted by Gasteiger charge is 2.47. The molecular formula is C15H12ClF4NO3S. The van der Waals surface area contributed by atoms with Gasteiger partial charge in [-0.3, -0.25) is 0 Å². The van der Waals surface area contributed by atoms with Crippen LogP contribution in [0, 0.1) is 5.82 Å². The van der Waals surface area contributed by atoms with Gasteiger partial charge in [0.1, 0.15) is 11.9 Å². The molecule has 0 saturated carbocycles. The first kappa shape index (κ1) is 18.2. The highest BCUT2D eigenvalue weighted by Crippen LogP contribution is 2.45. The molecule has 0 unspecified atom stereocenters. The van der Waals surface area contributed by atoms with E-state index in [2.05, 4.69) is 0 Å². The van der Waals surface area contributed by atoms with Gasteiger partial charge in [-0.15, -0.1) is 0 Å². The van der Waals surface area contributed by atoms with E-state index < -0.39 is 50.6 Å². The first-order valence-electron chi connectivity index (χ1n) is 7.12. The maximum absolute atomic E-state index is 13.9. The van der Waals surface area contributed by atoms with E-state index in [4.69, 9.17) is 11.6 Å². The molecule has 25 heavy (non-hydrogen) atoms. The van der Waals surface area contributed by atoms with Gasteiger partial charge in [0.05, 0.1) is 9.92 Å². The number of aromatic nitrogens is 1. The van der Waals surface area contributed by atoms with Crippen molar-refractivity contribution in [3.05, 3.63) is 46.5 Å². The molecule has 1 aromatic carbocycles. The fourth-order valence-electron chi connectivity index (χ4n) is 2.89. The first-order chi connectivity index (χ1) is 11.6. The van der Waals surface area contributed by atoms with Crippen LogP contribution in [0.15, 0.2) is 29.3 Å². The molecule has 3 rings (SSSR count). The summed E-state index contributed by atoms with van der Waals surface area (Å²) in [6.45, 7) is 0. The van der Waals surface area contributed by atoms with E-state index in [1.165, 1.54) is 16.7 Å². The number of alkyl halides is 3. The molecule has 4 nitrogen and oxygen atoms in total. The molecule has 0 spiro atoms. The summed E-state index contributed by atoms with van der Waals surface area (Å²) in [7, 11) is -4.52.